The van der Waals surface area contributed by atoms with Gasteiger partial charge < -0.3 is 5.32 Å². The summed E-state index contributed by atoms with van der Waals surface area (Å²) in [6.07, 6.45) is 5.27. The van der Waals surface area contributed by atoms with E-state index in [4.69, 9.17) is 11.6 Å². The van der Waals surface area contributed by atoms with Gasteiger partial charge >= 0.3 is 0 Å². The number of carbonyl (C=O) groups excluding carboxylic acids is 1. The van der Waals surface area contributed by atoms with E-state index in [0.29, 0.717) is 11.6 Å². The zero-order valence-electron chi connectivity index (χ0n) is 7.83. The highest BCUT2D eigenvalue weighted by Crippen LogP contribution is 2.08. The summed E-state index contributed by atoms with van der Waals surface area (Å²) in [5, 5.41) is 3.30. The van der Waals surface area contributed by atoms with Crippen LogP contribution in [0, 0.1) is 0 Å². The van der Waals surface area contributed by atoms with Gasteiger partial charge in [-0.2, -0.15) is 0 Å². The van der Waals surface area contributed by atoms with Crippen molar-refractivity contribution in [3.63, 3.8) is 0 Å². The number of amides is 1. The summed E-state index contributed by atoms with van der Waals surface area (Å²) in [7, 11) is 0. The summed E-state index contributed by atoms with van der Waals surface area (Å²) >= 11 is 5.76. The van der Waals surface area contributed by atoms with Gasteiger partial charge in [-0.1, -0.05) is 17.7 Å². The molecule has 0 atom stereocenters. The molecule has 0 saturated carbocycles. The molecule has 0 bridgehead atoms. The third kappa shape index (κ3) is 4.05. The van der Waals surface area contributed by atoms with Crippen molar-refractivity contribution in [3.05, 3.63) is 35.1 Å². The highest BCUT2D eigenvalue weighted by Gasteiger charge is 1.90. The highest BCUT2D eigenvalue weighted by molar-refractivity contribution is 6.30. The number of nitrogens with zero attached hydrogens (tertiary/aromatic N) is 1. The maximum absolute atomic E-state index is 10.5. The summed E-state index contributed by atoms with van der Waals surface area (Å²) in [5.74, 6) is -0.0475. The van der Waals surface area contributed by atoms with Crippen LogP contribution in [0.4, 0.5) is 0 Å². The van der Waals surface area contributed by atoms with Crippen molar-refractivity contribution in [1.82, 2.24) is 10.3 Å². The number of pyridine rings is 1. The first-order valence-electron chi connectivity index (χ1n) is 4.21. The van der Waals surface area contributed by atoms with Crippen LogP contribution in [0.3, 0.4) is 0 Å². The van der Waals surface area contributed by atoms with Crippen LogP contribution >= 0.6 is 11.6 Å². The van der Waals surface area contributed by atoms with E-state index in [1.807, 2.05) is 12.2 Å². The minimum atomic E-state index is -0.0475. The standard InChI is InChI=1S/C10H11ClN2O/c1-8(14)12-5-2-3-10-7-9(11)4-6-13-10/h2-4,6-7H,5H2,1H3,(H,12,14). The second kappa shape index (κ2) is 5.40. The maximum Gasteiger partial charge on any atom is 0.217 e. The monoisotopic (exact) mass is 210 g/mol. The summed E-state index contributed by atoms with van der Waals surface area (Å²) in [6, 6.07) is 3.47. The lowest BCUT2D eigenvalue weighted by Gasteiger charge is -1.95. The lowest BCUT2D eigenvalue weighted by atomic mass is 10.3. The van der Waals surface area contributed by atoms with Gasteiger partial charge in [0.25, 0.3) is 0 Å². The van der Waals surface area contributed by atoms with E-state index in [9.17, 15) is 4.79 Å². The quantitative estimate of drug-likeness (QED) is 0.828. The molecule has 0 saturated heterocycles. The maximum atomic E-state index is 10.5. The SMILES string of the molecule is CC(=O)NCC=Cc1cc(Cl)ccn1. The Labute approximate surface area is 87.8 Å². The number of hydrogen-bond donors (Lipinski definition) is 1. The zero-order chi connectivity index (χ0) is 10.4. The Bertz CT molecular complexity index is 350. The van der Waals surface area contributed by atoms with Gasteiger partial charge in [0.1, 0.15) is 0 Å². The molecule has 0 radical (unpaired) electrons. The Morgan fingerprint density at radius 2 is 2.50 bits per heavy atom. The minimum Gasteiger partial charge on any atom is -0.353 e. The van der Waals surface area contributed by atoms with E-state index < -0.39 is 0 Å². The lowest BCUT2D eigenvalue weighted by molar-refractivity contribution is -0.118. The Morgan fingerprint density at radius 1 is 1.71 bits per heavy atom. The van der Waals surface area contributed by atoms with Crippen LogP contribution in [0.5, 0.6) is 0 Å². The van der Waals surface area contributed by atoms with Crippen LogP contribution in [-0.2, 0) is 4.79 Å². The number of carbonyl (C=O) groups is 1. The Kier molecular flexibility index (Phi) is 4.13. The van der Waals surface area contributed by atoms with Gasteiger partial charge in [0, 0.05) is 24.7 Å². The number of aromatic nitrogens is 1. The second-order valence-corrected chi connectivity index (χ2v) is 3.17. The fourth-order valence-electron chi connectivity index (χ4n) is 0.895. The Hall–Kier alpha value is -1.35. The second-order valence-electron chi connectivity index (χ2n) is 2.74. The van der Waals surface area contributed by atoms with E-state index >= 15 is 0 Å². The topological polar surface area (TPSA) is 42.0 Å². The average Bonchev–Trinajstić information content (AvgIpc) is 2.12. The van der Waals surface area contributed by atoms with Gasteiger partial charge in [-0.15, -0.1) is 0 Å². The van der Waals surface area contributed by atoms with Crippen LogP contribution < -0.4 is 5.32 Å². The molecule has 1 amide bonds. The number of rotatable bonds is 3. The van der Waals surface area contributed by atoms with Crippen LogP contribution in [0.25, 0.3) is 6.08 Å². The largest absolute Gasteiger partial charge is 0.353 e. The van der Waals surface area contributed by atoms with Crippen LogP contribution in [0.15, 0.2) is 24.4 Å². The van der Waals surface area contributed by atoms with Crippen LogP contribution in [-0.4, -0.2) is 17.4 Å². The highest BCUT2D eigenvalue weighted by atomic mass is 35.5. The van der Waals surface area contributed by atoms with Crippen molar-refractivity contribution in [3.8, 4) is 0 Å². The molecule has 0 unspecified atom stereocenters. The van der Waals surface area contributed by atoms with Crippen LogP contribution in [0.1, 0.15) is 12.6 Å². The summed E-state index contributed by atoms with van der Waals surface area (Å²) in [5.41, 5.74) is 0.780. The molecule has 1 aromatic heterocycles. The smallest absolute Gasteiger partial charge is 0.217 e. The predicted molar refractivity (Wildman–Crippen MR) is 57.0 cm³/mol. The fourth-order valence-corrected chi connectivity index (χ4v) is 1.06. The van der Waals surface area contributed by atoms with E-state index in [1.165, 1.54) is 6.92 Å². The molecular weight excluding hydrogens is 200 g/mol. The van der Waals surface area contributed by atoms with Gasteiger partial charge in [0.15, 0.2) is 0 Å². The molecular formula is C10H11ClN2O. The van der Waals surface area contributed by atoms with Gasteiger partial charge in [0.05, 0.1) is 5.69 Å². The molecule has 0 aliphatic rings. The molecule has 0 fully saturated rings. The first-order chi connectivity index (χ1) is 6.68. The van der Waals surface area contributed by atoms with E-state index in [0.717, 1.165) is 5.69 Å². The molecule has 3 nitrogen and oxygen atoms in total. The third-order valence-electron chi connectivity index (χ3n) is 1.50. The van der Waals surface area contributed by atoms with Crippen molar-refractivity contribution < 1.29 is 4.79 Å². The molecule has 0 spiro atoms. The molecule has 14 heavy (non-hydrogen) atoms. The predicted octanol–water partition coefficient (Wildman–Crippen LogP) is 1.88. The zero-order valence-corrected chi connectivity index (χ0v) is 8.58. The number of nitrogens with one attached hydrogen (secondary N) is 1. The molecule has 74 valence electrons. The van der Waals surface area contributed by atoms with Crippen molar-refractivity contribution in [2.75, 3.05) is 6.54 Å². The van der Waals surface area contributed by atoms with Crippen molar-refractivity contribution in [2.45, 2.75) is 6.92 Å². The first kappa shape index (κ1) is 10.7. The average molecular weight is 211 g/mol. The normalized spacial score (nSPS) is 10.4. The molecule has 1 rings (SSSR count). The third-order valence-corrected chi connectivity index (χ3v) is 1.74. The first-order valence-corrected chi connectivity index (χ1v) is 4.59. The van der Waals surface area contributed by atoms with Crippen molar-refractivity contribution >= 4 is 23.6 Å². The van der Waals surface area contributed by atoms with Gasteiger partial charge in [-0.25, -0.2) is 0 Å². The van der Waals surface area contributed by atoms with Gasteiger partial charge in [-0.05, 0) is 18.2 Å². The molecule has 4 heteroatoms. The molecule has 1 N–H and O–H groups in total. The van der Waals surface area contributed by atoms with E-state index in [1.54, 1.807) is 18.3 Å². The van der Waals surface area contributed by atoms with Crippen LogP contribution in [0.2, 0.25) is 5.02 Å². The van der Waals surface area contributed by atoms with Gasteiger partial charge in [-0.3, -0.25) is 9.78 Å². The van der Waals surface area contributed by atoms with Crippen molar-refractivity contribution in [2.24, 2.45) is 0 Å². The summed E-state index contributed by atoms with van der Waals surface area (Å²) < 4.78 is 0. The molecule has 0 aliphatic heterocycles. The van der Waals surface area contributed by atoms with E-state index in [2.05, 4.69) is 10.3 Å². The molecule has 0 aromatic carbocycles. The van der Waals surface area contributed by atoms with E-state index in [-0.39, 0.29) is 5.91 Å². The Balaban J connectivity index is 2.47. The molecule has 1 heterocycles. The fraction of sp³-hybridized carbons (Fsp3) is 0.200. The van der Waals surface area contributed by atoms with Crippen molar-refractivity contribution in [1.29, 1.82) is 0 Å². The summed E-state index contributed by atoms with van der Waals surface area (Å²) in [4.78, 5) is 14.6. The minimum absolute atomic E-state index is 0.0475. The molecule has 0 aliphatic carbocycles. The van der Waals surface area contributed by atoms with Gasteiger partial charge in [0.2, 0.25) is 5.91 Å². The molecule has 1 aromatic rings. The summed E-state index contributed by atoms with van der Waals surface area (Å²) in [6.45, 7) is 1.98. The number of hydrogen-bond acceptors (Lipinski definition) is 2. The lowest BCUT2D eigenvalue weighted by Crippen LogP contribution is -2.19. The number of halogens is 1. The Morgan fingerprint density at radius 3 is 3.14 bits per heavy atom.